The molecular weight excluding hydrogens is 390 g/mol. The molecule has 0 aliphatic heterocycles. The van der Waals surface area contributed by atoms with Gasteiger partial charge in [0.05, 0.1) is 11.1 Å². The number of nitriles is 1. The van der Waals surface area contributed by atoms with Crippen molar-refractivity contribution in [2.75, 3.05) is 0 Å². The van der Waals surface area contributed by atoms with Crippen LogP contribution in [-0.2, 0) is 11.3 Å². The minimum atomic E-state index is -0.407. The number of thiophene rings is 1. The van der Waals surface area contributed by atoms with Gasteiger partial charge in [-0.1, -0.05) is 36.4 Å². The Balaban J connectivity index is 1.90. The molecule has 5 nitrogen and oxygen atoms in total. The molecule has 2 aromatic heterocycles. The highest BCUT2D eigenvalue weighted by Gasteiger charge is 2.26. The fourth-order valence-corrected chi connectivity index (χ4v) is 4.62. The Labute approximate surface area is 169 Å². The van der Waals surface area contributed by atoms with Crippen LogP contribution < -0.4 is 20.1 Å². The van der Waals surface area contributed by atoms with Gasteiger partial charge in [-0.3, -0.25) is 14.2 Å². The first kappa shape index (κ1) is 18.4. The second-order valence-corrected chi connectivity index (χ2v) is 8.55. The normalized spacial score (nSPS) is 15.2. The van der Waals surface area contributed by atoms with Crippen molar-refractivity contribution in [3.05, 3.63) is 77.8 Å². The molecule has 2 heterocycles. The summed E-state index contributed by atoms with van der Waals surface area (Å²) in [7, 11) is 0. The van der Waals surface area contributed by atoms with Crippen LogP contribution in [0.4, 0.5) is 0 Å². The maximum atomic E-state index is 13.1. The number of aromatic nitrogens is 1. The highest BCUT2D eigenvalue weighted by atomic mass is 32.1. The van der Waals surface area contributed by atoms with E-state index in [1.165, 1.54) is 27.2 Å². The quantitative estimate of drug-likeness (QED) is 0.701. The lowest BCUT2D eigenvalue weighted by molar-refractivity contribution is -0.115. The molecule has 0 unspecified atom stereocenters. The first-order valence-corrected chi connectivity index (χ1v) is 10.6. The molecule has 0 spiro atoms. The van der Waals surface area contributed by atoms with E-state index in [9.17, 15) is 14.9 Å². The molecule has 1 amide bonds. The van der Waals surface area contributed by atoms with Gasteiger partial charge in [0.25, 0.3) is 11.5 Å². The Morgan fingerprint density at radius 2 is 2.04 bits per heavy atom. The van der Waals surface area contributed by atoms with Gasteiger partial charge in [0.1, 0.15) is 10.7 Å². The van der Waals surface area contributed by atoms with Crippen LogP contribution in [0.5, 0.6) is 0 Å². The molecule has 0 atom stereocenters. The summed E-state index contributed by atoms with van der Waals surface area (Å²) in [6, 6.07) is 15.6. The summed E-state index contributed by atoms with van der Waals surface area (Å²) in [6.07, 6.45) is 3.68. The van der Waals surface area contributed by atoms with Crippen LogP contribution in [0.1, 0.15) is 23.3 Å². The predicted octanol–water partition coefficient (Wildman–Crippen LogP) is 1.80. The zero-order valence-electron chi connectivity index (χ0n) is 14.9. The summed E-state index contributed by atoms with van der Waals surface area (Å²) in [5.41, 5.74) is 0.742. The van der Waals surface area contributed by atoms with Crippen molar-refractivity contribution in [1.29, 1.82) is 5.26 Å². The molecular formula is C21H17N3O2S2. The van der Waals surface area contributed by atoms with Crippen LogP contribution in [0.25, 0.3) is 11.6 Å². The highest BCUT2D eigenvalue weighted by molar-refractivity contribution is 7.11. The van der Waals surface area contributed by atoms with Crippen LogP contribution >= 0.6 is 22.7 Å². The number of carbonyl (C=O) groups is 1. The topological polar surface area (TPSA) is 74.9 Å². The largest absolute Gasteiger partial charge is 0.349 e. The van der Waals surface area contributed by atoms with Crippen LogP contribution in [0.15, 0.2) is 52.6 Å². The zero-order valence-corrected chi connectivity index (χ0v) is 16.6. The first-order chi connectivity index (χ1) is 13.7. The zero-order chi connectivity index (χ0) is 19.5. The van der Waals surface area contributed by atoms with Gasteiger partial charge in [-0.25, -0.2) is 0 Å². The third kappa shape index (κ3) is 3.98. The minimum Gasteiger partial charge on any atom is -0.349 e. The average molecular weight is 408 g/mol. The average Bonchev–Trinajstić information content (AvgIpc) is 3.27. The van der Waals surface area contributed by atoms with Crippen LogP contribution in [0, 0.1) is 11.3 Å². The molecule has 7 heteroatoms. The van der Waals surface area contributed by atoms with Gasteiger partial charge < -0.3 is 5.32 Å². The van der Waals surface area contributed by atoms with E-state index in [1.807, 2.05) is 60.0 Å². The lowest BCUT2D eigenvalue weighted by Gasteiger charge is -2.05. The van der Waals surface area contributed by atoms with E-state index in [0.29, 0.717) is 15.7 Å². The van der Waals surface area contributed by atoms with Crippen molar-refractivity contribution in [2.45, 2.75) is 25.4 Å². The summed E-state index contributed by atoms with van der Waals surface area (Å²) in [6.45, 7) is 0.311. The fraction of sp³-hybridized carbons (Fsp3) is 0.190. The van der Waals surface area contributed by atoms with Crippen LogP contribution in [0.3, 0.4) is 0 Å². The molecule has 1 aliphatic rings. The van der Waals surface area contributed by atoms with Crippen LogP contribution in [-0.4, -0.2) is 16.5 Å². The maximum absolute atomic E-state index is 13.1. The Bertz CT molecular complexity index is 1210. The van der Waals surface area contributed by atoms with E-state index in [4.69, 9.17) is 0 Å². The molecule has 0 saturated heterocycles. The molecule has 1 aliphatic carbocycles. The van der Waals surface area contributed by atoms with Gasteiger partial charge in [-0.2, -0.15) is 5.26 Å². The van der Waals surface area contributed by atoms with E-state index >= 15 is 0 Å². The van der Waals surface area contributed by atoms with E-state index in [2.05, 4.69) is 5.32 Å². The molecule has 1 N–H and O–H groups in total. The van der Waals surface area contributed by atoms with Gasteiger partial charge in [0.15, 0.2) is 5.57 Å². The maximum Gasteiger partial charge on any atom is 0.269 e. The number of nitrogens with zero attached hydrogens (tertiary/aromatic N) is 2. The van der Waals surface area contributed by atoms with Crippen molar-refractivity contribution in [3.8, 4) is 6.07 Å². The van der Waals surface area contributed by atoms with Gasteiger partial charge in [-0.15, -0.1) is 22.7 Å². The minimum absolute atomic E-state index is 0.00393. The van der Waals surface area contributed by atoms with Crippen molar-refractivity contribution in [1.82, 2.24) is 9.88 Å². The number of carbonyl (C=O) groups excluding carboxylic acids is 1. The summed E-state index contributed by atoms with van der Waals surface area (Å²) in [5, 5.41) is 14.5. The molecule has 4 rings (SSSR count). The smallest absolute Gasteiger partial charge is 0.269 e. The van der Waals surface area contributed by atoms with Gasteiger partial charge in [0, 0.05) is 10.9 Å². The van der Waals surface area contributed by atoms with Gasteiger partial charge >= 0.3 is 0 Å². The Morgan fingerprint density at radius 1 is 1.25 bits per heavy atom. The Hall–Kier alpha value is -2.95. The third-order valence-electron chi connectivity index (χ3n) is 4.37. The second-order valence-electron chi connectivity index (χ2n) is 6.54. The van der Waals surface area contributed by atoms with Crippen LogP contribution in [0.2, 0.25) is 0 Å². The number of hydrogen-bond acceptors (Lipinski definition) is 5. The first-order valence-electron chi connectivity index (χ1n) is 8.90. The SMILES string of the molecule is N#CC(C(=O)NC1CC1)=c1sc(=Cc2cccs2)c(=O)n1Cc1ccccc1. The number of thiazole rings is 1. The van der Waals surface area contributed by atoms with Crippen molar-refractivity contribution in [3.63, 3.8) is 0 Å². The highest BCUT2D eigenvalue weighted by Crippen LogP contribution is 2.19. The van der Waals surface area contributed by atoms with Gasteiger partial charge in [-0.05, 0) is 35.9 Å². The number of nitrogens with one attached hydrogen (secondary N) is 1. The Kier molecular flexibility index (Phi) is 5.24. The summed E-state index contributed by atoms with van der Waals surface area (Å²) in [4.78, 5) is 26.6. The fourth-order valence-electron chi connectivity index (χ4n) is 2.80. The molecule has 3 aromatic rings. The molecule has 1 fully saturated rings. The summed E-state index contributed by atoms with van der Waals surface area (Å²) >= 11 is 2.73. The molecule has 140 valence electrons. The van der Waals surface area contributed by atoms with E-state index < -0.39 is 5.91 Å². The monoisotopic (exact) mass is 407 g/mol. The van der Waals surface area contributed by atoms with Crippen molar-refractivity contribution < 1.29 is 4.79 Å². The molecule has 0 bridgehead atoms. The number of amides is 1. The molecule has 28 heavy (non-hydrogen) atoms. The second kappa shape index (κ2) is 7.97. The van der Waals surface area contributed by atoms with E-state index in [0.717, 1.165) is 23.3 Å². The lowest BCUT2D eigenvalue weighted by Crippen LogP contribution is -2.35. The predicted molar refractivity (Wildman–Crippen MR) is 111 cm³/mol. The lowest BCUT2D eigenvalue weighted by atomic mass is 10.2. The summed E-state index contributed by atoms with van der Waals surface area (Å²) in [5.74, 6) is -0.407. The van der Waals surface area contributed by atoms with E-state index in [-0.39, 0.29) is 17.2 Å². The van der Waals surface area contributed by atoms with E-state index in [1.54, 1.807) is 0 Å². The number of benzene rings is 1. The van der Waals surface area contributed by atoms with Gasteiger partial charge in [0.2, 0.25) is 0 Å². The Morgan fingerprint density at radius 3 is 2.68 bits per heavy atom. The number of hydrogen-bond donors (Lipinski definition) is 1. The third-order valence-corrected chi connectivity index (χ3v) is 6.32. The molecule has 0 radical (unpaired) electrons. The van der Waals surface area contributed by atoms with Crippen molar-refractivity contribution >= 4 is 40.2 Å². The standard InChI is InChI=1S/C21H17N3O2S2/c22-12-17(19(25)23-15-8-9-15)21-24(13-14-5-2-1-3-6-14)20(26)18(28-21)11-16-7-4-10-27-16/h1-7,10-11,15H,8-9,13H2,(H,23,25). The molecule has 1 aromatic carbocycles. The summed E-state index contributed by atoms with van der Waals surface area (Å²) < 4.78 is 2.45. The van der Waals surface area contributed by atoms with Crippen molar-refractivity contribution in [2.24, 2.45) is 0 Å². The number of rotatable bonds is 5. The molecule has 1 saturated carbocycles.